The maximum absolute atomic E-state index is 13.7. The van der Waals surface area contributed by atoms with Crippen molar-refractivity contribution in [3.8, 4) is 0 Å². The number of benzene rings is 2. The molecule has 2 aromatic rings. The molecule has 0 radical (unpaired) electrons. The summed E-state index contributed by atoms with van der Waals surface area (Å²) in [6.45, 7) is 9.84. The van der Waals surface area contributed by atoms with Gasteiger partial charge in [-0.15, -0.1) is 0 Å². The molecule has 0 saturated heterocycles. The highest BCUT2D eigenvalue weighted by Gasteiger charge is 2.45. The van der Waals surface area contributed by atoms with Gasteiger partial charge < -0.3 is 9.05 Å². The fourth-order valence-electron chi connectivity index (χ4n) is 4.00. The topological polar surface area (TPSA) is 72.9 Å². The quantitative estimate of drug-likeness (QED) is 0.469. The summed E-state index contributed by atoms with van der Waals surface area (Å²) in [6, 6.07) is 9.11. The molecule has 0 fully saturated rings. The minimum Gasteiger partial charge on any atom is -0.309 e. The third-order valence-corrected chi connectivity index (χ3v) is 7.64. The summed E-state index contributed by atoms with van der Waals surface area (Å²) in [4.78, 5) is 28.4. The van der Waals surface area contributed by atoms with E-state index in [4.69, 9.17) is 9.05 Å². The molecule has 1 heterocycles. The molecule has 7 heteroatoms. The van der Waals surface area contributed by atoms with E-state index in [1.54, 1.807) is 19.1 Å². The van der Waals surface area contributed by atoms with Crippen molar-refractivity contribution in [1.82, 2.24) is 0 Å². The molecule has 6 nitrogen and oxygen atoms in total. The van der Waals surface area contributed by atoms with E-state index in [0.29, 0.717) is 11.3 Å². The van der Waals surface area contributed by atoms with Gasteiger partial charge in [0.1, 0.15) is 0 Å². The van der Waals surface area contributed by atoms with Gasteiger partial charge in [-0.2, -0.15) is 0 Å². The van der Waals surface area contributed by atoms with Gasteiger partial charge in [0.05, 0.1) is 22.1 Å². The van der Waals surface area contributed by atoms with Crippen LogP contribution in [0.25, 0.3) is 0 Å². The number of hydrogen-bond donors (Lipinski definition) is 0. The number of carbonyl (C=O) groups excluding carboxylic acids is 2. The number of imide groups is 1. The number of amides is 2. The number of anilines is 1. The van der Waals surface area contributed by atoms with Crippen molar-refractivity contribution in [1.29, 1.82) is 0 Å². The third kappa shape index (κ3) is 3.33. The zero-order chi connectivity index (χ0) is 22.4. The van der Waals surface area contributed by atoms with E-state index in [1.165, 1.54) is 19.1 Å². The summed E-state index contributed by atoms with van der Waals surface area (Å²) in [6.07, 6.45) is 0. The molecule has 2 aromatic carbocycles. The van der Waals surface area contributed by atoms with E-state index in [2.05, 4.69) is 0 Å². The van der Waals surface area contributed by atoms with Crippen LogP contribution in [-0.2, 0) is 13.6 Å². The van der Waals surface area contributed by atoms with Crippen molar-refractivity contribution < 1.29 is 23.2 Å². The van der Waals surface area contributed by atoms with Crippen molar-refractivity contribution in [2.75, 3.05) is 19.1 Å². The standard InChI is InChI=1S/C23H28NO5P/c1-13(2)16-9-8-10-17(14(3)4)20(16)24-22(25)18-12-11-15(5)21(19(18)23(24)26)30(27,28-6)29-7/h8-14H,1-7H3. The Kier molecular flexibility index (Phi) is 6.06. The lowest BCUT2D eigenvalue weighted by Crippen LogP contribution is -2.33. The van der Waals surface area contributed by atoms with Crippen molar-refractivity contribution >= 4 is 30.4 Å². The summed E-state index contributed by atoms with van der Waals surface area (Å²) in [5, 5.41) is 0.152. The van der Waals surface area contributed by atoms with Crippen LogP contribution in [0, 0.1) is 6.92 Å². The third-order valence-electron chi connectivity index (χ3n) is 5.55. The molecule has 1 aliphatic heterocycles. The molecule has 0 unspecified atom stereocenters. The maximum Gasteiger partial charge on any atom is 0.361 e. The largest absolute Gasteiger partial charge is 0.361 e. The molecule has 1 aliphatic rings. The SMILES string of the molecule is COP(=O)(OC)c1c(C)ccc2c1C(=O)N(c1c(C(C)C)cccc1C(C)C)C2=O. The molecule has 0 bridgehead atoms. The van der Waals surface area contributed by atoms with Gasteiger partial charge in [0.2, 0.25) is 0 Å². The van der Waals surface area contributed by atoms with Crippen LogP contribution in [0.2, 0.25) is 0 Å². The minimum absolute atomic E-state index is 0.0975. The Balaban J connectivity index is 2.33. The van der Waals surface area contributed by atoms with E-state index in [-0.39, 0.29) is 28.3 Å². The molecule has 30 heavy (non-hydrogen) atoms. The van der Waals surface area contributed by atoms with Gasteiger partial charge in [0.25, 0.3) is 11.8 Å². The van der Waals surface area contributed by atoms with E-state index in [0.717, 1.165) is 11.1 Å². The molecule has 0 saturated carbocycles. The van der Waals surface area contributed by atoms with Gasteiger partial charge in [-0.25, -0.2) is 4.90 Å². The highest BCUT2D eigenvalue weighted by molar-refractivity contribution is 7.62. The van der Waals surface area contributed by atoms with Gasteiger partial charge in [-0.3, -0.25) is 14.2 Å². The lowest BCUT2D eigenvalue weighted by molar-refractivity contribution is 0.0925. The molecular weight excluding hydrogens is 401 g/mol. The summed E-state index contributed by atoms with van der Waals surface area (Å²) >= 11 is 0. The van der Waals surface area contributed by atoms with Crippen LogP contribution in [0.15, 0.2) is 30.3 Å². The van der Waals surface area contributed by atoms with Crippen LogP contribution >= 0.6 is 7.60 Å². The summed E-state index contributed by atoms with van der Waals surface area (Å²) in [5.41, 5.74) is 3.32. The Bertz CT molecular complexity index is 1040. The molecule has 160 valence electrons. The number of rotatable bonds is 6. The minimum atomic E-state index is -3.76. The number of para-hydroxylation sites is 1. The van der Waals surface area contributed by atoms with E-state index in [1.807, 2.05) is 45.9 Å². The molecule has 0 aromatic heterocycles. The number of nitrogens with zero attached hydrogens (tertiary/aromatic N) is 1. The smallest absolute Gasteiger partial charge is 0.309 e. The summed E-state index contributed by atoms with van der Waals surface area (Å²) in [5.74, 6) is -0.718. The molecule has 0 atom stereocenters. The fourth-order valence-corrected chi connectivity index (χ4v) is 5.51. The van der Waals surface area contributed by atoms with Gasteiger partial charge in [0.15, 0.2) is 0 Å². The lowest BCUT2D eigenvalue weighted by Gasteiger charge is -2.25. The predicted octanol–water partition coefficient (Wildman–Crippen LogP) is 5.15. The second-order valence-corrected chi connectivity index (χ2v) is 10.2. The summed E-state index contributed by atoms with van der Waals surface area (Å²) < 4.78 is 23.6. The molecule has 0 N–H and O–H groups in total. The van der Waals surface area contributed by atoms with Crippen LogP contribution in [0.5, 0.6) is 0 Å². The Labute approximate surface area is 177 Å². The van der Waals surface area contributed by atoms with E-state index >= 15 is 0 Å². The Morgan fingerprint density at radius 2 is 1.40 bits per heavy atom. The van der Waals surface area contributed by atoms with Crippen molar-refractivity contribution in [2.45, 2.75) is 46.5 Å². The monoisotopic (exact) mass is 429 g/mol. The average Bonchev–Trinajstić information content (AvgIpc) is 2.96. The molecule has 3 rings (SSSR count). The van der Waals surface area contributed by atoms with E-state index in [9.17, 15) is 14.2 Å². The van der Waals surface area contributed by atoms with Gasteiger partial charge >= 0.3 is 7.60 Å². The maximum atomic E-state index is 13.7. The van der Waals surface area contributed by atoms with Crippen LogP contribution in [0.4, 0.5) is 5.69 Å². The number of aryl methyl sites for hydroxylation is 1. The normalized spacial score (nSPS) is 14.2. The van der Waals surface area contributed by atoms with Gasteiger partial charge in [-0.1, -0.05) is 52.0 Å². The van der Waals surface area contributed by atoms with Crippen molar-refractivity contribution in [2.24, 2.45) is 0 Å². The Hall–Kier alpha value is -2.27. The second kappa shape index (κ2) is 8.10. The van der Waals surface area contributed by atoms with Crippen LogP contribution in [0.3, 0.4) is 0 Å². The first-order valence-corrected chi connectivity index (χ1v) is 11.5. The van der Waals surface area contributed by atoms with Crippen molar-refractivity contribution in [3.63, 3.8) is 0 Å². The first-order chi connectivity index (χ1) is 14.1. The second-order valence-electron chi connectivity index (χ2n) is 8.06. The lowest BCUT2D eigenvalue weighted by atomic mass is 9.92. The number of carbonyl (C=O) groups is 2. The first-order valence-electron chi connectivity index (χ1n) is 9.96. The first kappa shape index (κ1) is 22.4. The number of hydrogen-bond acceptors (Lipinski definition) is 5. The highest BCUT2D eigenvalue weighted by atomic mass is 31.2. The molecular formula is C23H28NO5P. The van der Waals surface area contributed by atoms with E-state index < -0.39 is 19.4 Å². The Morgan fingerprint density at radius 3 is 1.87 bits per heavy atom. The van der Waals surface area contributed by atoms with Crippen LogP contribution in [0.1, 0.15) is 76.9 Å². The molecule has 0 aliphatic carbocycles. The average molecular weight is 429 g/mol. The highest BCUT2D eigenvalue weighted by Crippen LogP contribution is 2.49. The molecule has 2 amide bonds. The van der Waals surface area contributed by atoms with Crippen molar-refractivity contribution in [3.05, 3.63) is 58.1 Å². The fraction of sp³-hybridized carbons (Fsp3) is 0.391. The van der Waals surface area contributed by atoms with Crippen LogP contribution in [-0.4, -0.2) is 26.0 Å². The zero-order valence-corrected chi connectivity index (χ0v) is 19.4. The van der Waals surface area contributed by atoms with Crippen LogP contribution < -0.4 is 10.2 Å². The Morgan fingerprint density at radius 1 is 0.867 bits per heavy atom. The molecule has 0 spiro atoms. The summed E-state index contributed by atoms with van der Waals surface area (Å²) in [7, 11) is -1.21. The zero-order valence-electron chi connectivity index (χ0n) is 18.5. The van der Waals surface area contributed by atoms with Gasteiger partial charge in [-0.05, 0) is 41.5 Å². The predicted molar refractivity (Wildman–Crippen MR) is 118 cm³/mol. The number of fused-ring (bicyclic) bond motifs is 1. The van der Waals surface area contributed by atoms with Gasteiger partial charge in [0, 0.05) is 14.2 Å².